The minimum Gasteiger partial charge on any atom is -0.462 e. The van der Waals surface area contributed by atoms with Crippen molar-refractivity contribution in [2.75, 3.05) is 13.2 Å². The Kier molecular flexibility index (Phi) is 66.2. The molecule has 6 heteroatoms. The molecule has 1 atom stereocenters. The zero-order valence-corrected chi connectivity index (χ0v) is 53.8. The van der Waals surface area contributed by atoms with Crippen LogP contribution in [0.2, 0.25) is 0 Å². The average Bonchev–Trinajstić information content (AvgIpc) is 3.47. The molecule has 0 aliphatic heterocycles. The van der Waals surface area contributed by atoms with Crippen molar-refractivity contribution < 1.29 is 28.6 Å². The van der Waals surface area contributed by atoms with Gasteiger partial charge >= 0.3 is 17.9 Å². The molecular weight excluding hydrogens is 997 g/mol. The molecule has 0 bridgehead atoms. The van der Waals surface area contributed by atoms with Crippen LogP contribution in [0, 0.1) is 0 Å². The molecule has 0 saturated heterocycles. The van der Waals surface area contributed by atoms with Crippen molar-refractivity contribution in [3.8, 4) is 0 Å². The third kappa shape index (κ3) is 67.3. The molecule has 0 aliphatic rings. The molecule has 81 heavy (non-hydrogen) atoms. The standard InChI is InChI=1S/C75H132O6/c1-4-7-10-13-16-19-22-24-26-28-30-32-34-36-38-40-41-43-45-47-49-51-53-56-59-62-65-68-74(77)80-71-72(70-79-73(76)67-64-61-58-55-21-18-15-12-9-6-3)81-75(78)69-66-63-60-57-54-52-50-48-46-44-42-39-37-35-33-31-29-27-25-23-20-17-14-11-8-5-2/h7,10,12,15-16,19,24,26,30,32,36,38,41,43,72H,4-6,8-9,11,13-14,17-18,20-23,25,27-29,31,33-35,37,39-40,42,44-71H2,1-3H3/b10-7-,15-12-,19-16-,26-24-,32-30-,38-36-,43-41-. The summed E-state index contributed by atoms with van der Waals surface area (Å²) >= 11 is 0. The van der Waals surface area contributed by atoms with Crippen molar-refractivity contribution in [1.29, 1.82) is 0 Å². The maximum Gasteiger partial charge on any atom is 0.306 e. The fourth-order valence-corrected chi connectivity index (χ4v) is 10.2. The summed E-state index contributed by atoms with van der Waals surface area (Å²) in [5, 5.41) is 0. The van der Waals surface area contributed by atoms with Gasteiger partial charge in [0.1, 0.15) is 13.2 Å². The van der Waals surface area contributed by atoms with E-state index < -0.39 is 6.10 Å². The summed E-state index contributed by atoms with van der Waals surface area (Å²) in [6, 6.07) is 0. The summed E-state index contributed by atoms with van der Waals surface area (Å²) in [5.74, 6) is -0.882. The molecule has 0 aromatic carbocycles. The highest BCUT2D eigenvalue weighted by atomic mass is 16.6. The van der Waals surface area contributed by atoms with Gasteiger partial charge in [0.15, 0.2) is 6.10 Å². The number of allylic oxidation sites excluding steroid dienone is 14. The van der Waals surface area contributed by atoms with Crippen molar-refractivity contribution >= 4 is 17.9 Å². The minimum atomic E-state index is -0.783. The van der Waals surface area contributed by atoms with Gasteiger partial charge in [0.2, 0.25) is 0 Å². The van der Waals surface area contributed by atoms with Crippen LogP contribution in [0.15, 0.2) is 85.1 Å². The van der Waals surface area contributed by atoms with Gasteiger partial charge < -0.3 is 14.2 Å². The van der Waals surface area contributed by atoms with Gasteiger partial charge in [-0.15, -0.1) is 0 Å². The first-order valence-electron chi connectivity index (χ1n) is 35.1. The molecule has 6 nitrogen and oxygen atoms in total. The lowest BCUT2D eigenvalue weighted by Crippen LogP contribution is -2.30. The molecule has 0 rings (SSSR count). The summed E-state index contributed by atoms with van der Waals surface area (Å²) in [5.41, 5.74) is 0. The van der Waals surface area contributed by atoms with E-state index in [1.807, 2.05) is 0 Å². The van der Waals surface area contributed by atoms with Crippen molar-refractivity contribution in [2.24, 2.45) is 0 Å². The van der Waals surface area contributed by atoms with E-state index in [4.69, 9.17) is 14.2 Å². The number of hydrogen-bond acceptors (Lipinski definition) is 6. The minimum absolute atomic E-state index is 0.0805. The molecule has 468 valence electrons. The first-order chi connectivity index (χ1) is 40.0. The van der Waals surface area contributed by atoms with Crippen LogP contribution in [0.3, 0.4) is 0 Å². The zero-order chi connectivity index (χ0) is 58.5. The van der Waals surface area contributed by atoms with Gasteiger partial charge in [0, 0.05) is 19.3 Å². The van der Waals surface area contributed by atoms with Crippen LogP contribution in [0.4, 0.5) is 0 Å². The third-order valence-electron chi connectivity index (χ3n) is 15.4. The first kappa shape index (κ1) is 77.6. The van der Waals surface area contributed by atoms with Crippen LogP contribution < -0.4 is 0 Å². The van der Waals surface area contributed by atoms with Crippen molar-refractivity contribution in [3.63, 3.8) is 0 Å². The smallest absolute Gasteiger partial charge is 0.306 e. The van der Waals surface area contributed by atoms with Crippen LogP contribution in [0.1, 0.15) is 355 Å². The summed E-state index contributed by atoms with van der Waals surface area (Å²) in [4.78, 5) is 38.3. The molecular formula is C75H132O6. The second-order valence-corrected chi connectivity index (χ2v) is 23.4. The fourth-order valence-electron chi connectivity index (χ4n) is 10.2. The van der Waals surface area contributed by atoms with Gasteiger partial charge in [-0.3, -0.25) is 14.4 Å². The zero-order valence-electron chi connectivity index (χ0n) is 53.8. The Balaban J connectivity index is 4.20. The molecule has 0 aliphatic carbocycles. The predicted molar refractivity (Wildman–Crippen MR) is 353 cm³/mol. The molecule has 0 aromatic heterocycles. The Bertz CT molecular complexity index is 1530. The maximum absolute atomic E-state index is 12.9. The average molecular weight is 1130 g/mol. The van der Waals surface area contributed by atoms with Gasteiger partial charge in [0.05, 0.1) is 0 Å². The number of carbonyl (C=O) groups is 3. The number of ether oxygens (including phenoxy) is 3. The molecule has 0 amide bonds. The van der Waals surface area contributed by atoms with Crippen molar-refractivity contribution in [2.45, 2.75) is 361 Å². The molecule has 1 unspecified atom stereocenters. The Hall–Kier alpha value is -3.41. The van der Waals surface area contributed by atoms with Gasteiger partial charge in [-0.25, -0.2) is 0 Å². The van der Waals surface area contributed by atoms with Crippen molar-refractivity contribution in [1.82, 2.24) is 0 Å². The molecule has 0 N–H and O–H groups in total. The van der Waals surface area contributed by atoms with E-state index in [2.05, 4.69) is 106 Å². The van der Waals surface area contributed by atoms with Gasteiger partial charge in [0.25, 0.3) is 0 Å². The lowest BCUT2D eigenvalue weighted by atomic mass is 10.0. The number of hydrogen-bond donors (Lipinski definition) is 0. The molecule has 0 heterocycles. The first-order valence-corrected chi connectivity index (χ1v) is 35.1. The van der Waals surface area contributed by atoms with E-state index in [0.29, 0.717) is 19.3 Å². The van der Waals surface area contributed by atoms with Crippen LogP contribution in [0.25, 0.3) is 0 Å². The summed E-state index contributed by atoms with van der Waals surface area (Å²) < 4.78 is 16.9. The molecule has 0 fully saturated rings. The number of rotatable bonds is 64. The Morgan fingerprint density at radius 1 is 0.259 bits per heavy atom. The highest BCUT2D eigenvalue weighted by molar-refractivity contribution is 5.71. The largest absolute Gasteiger partial charge is 0.462 e. The second-order valence-electron chi connectivity index (χ2n) is 23.4. The SMILES string of the molecule is CC/C=C\C/C=C\C/C=C\C/C=C\C/C=C\C/C=C\CCCCCCCCCCC(=O)OCC(COC(=O)CCCCCCC/C=C\CCC)OC(=O)CCCCCCCCCCCCCCCCCCCCCCCCCCCC. The van der Waals surface area contributed by atoms with Gasteiger partial charge in [-0.1, -0.05) is 331 Å². The van der Waals surface area contributed by atoms with E-state index in [0.717, 1.165) is 116 Å². The number of esters is 3. The van der Waals surface area contributed by atoms with E-state index in [-0.39, 0.29) is 31.1 Å². The quantitative estimate of drug-likeness (QED) is 0.0261. The third-order valence-corrected chi connectivity index (χ3v) is 15.4. The normalized spacial score (nSPS) is 12.6. The van der Waals surface area contributed by atoms with Gasteiger partial charge in [-0.05, 0) is 89.9 Å². The lowest BCUT2D eigenvalue weighted by Gasteiger charge is -2.18. The van der Waals surface area contributed by atoms with Crippen molar-refractivity contribution in [3.05, 3.63) is 85.1 Å². The Morgan fingerprint density at radius 2 is 0.506 bits per heavy atom. The number of unbranched alkanes of at least 4 members (excludes halogenated alkanes) is 39. The Morgan fingerprint density at radius 3 is 0.815 bits per heavy atom. The second kappa shape index (κ2) is 69.1. The highest BCUT2D eigenvalue weighted by Crippen LogP contribution is 2.18. The maximum atomic E-state index is 12.9. The number of carbonyl (C=O) groups excluding carboxylic acids is 3. The summed E-state index contributed by atoms with van der Waals surface area (Å²) in [7, 11) is 0. The van der Waals surface area contributed by atoms with Crippen LogP contribution in [-0.4, -0.2) is 37.2 Å². The topological polar surface area (TPSA) is 78.9 Å². The van der Waals surface area contributed by atoms with Crippen LogP contribution in [-0.2, 0) is 28.6 Å². The summed E-state index contributed by atoms with van der Waals surface area (Å²) in [6.07, 6.45) is 92.0. The summed E-state index contributed by atoms with van der Waals surface area (Å²) in [6.45, 7) is 6.50. The Labute approximate surface area is 503 Å². The van der Waals surface area contributed by atoms with E-state index in [1.54, 1.807) is 0 Å². The lowest BCUT2D eigenvalue weighted by molar-refractivity contribution is -0.167. The van der Waals surface area contributed by atoms with E-state index in [1.165, 1.54) is 199 Å². The molecule has 0 spiro atoms. The van der Waals surface area contributed by atoms with Crippen LogP contribution in [0.5, 0.6) is 0 Å². The predicted octanol–water partition coefficient (Wildman–Crippen LogP) is 24.2. The van der Waals surface area contributed by atoms with E-state index >= 15 is 0 Å². The fraction of sp³-hybridized carbons (Fsp3) is 0.773. The molecule has 0 radical (unpaired) electrons. The van der Waals surface area contributed by atoms with E-state index in [9.17, 15) is 14.4 Å². The highest BCUT2D eigenvalue weighted by Gasteiger charge is 2.19. The van der Waals surface area contributed by atoms with Crippen LogP contribution >= 0.6 is 0 Å². The molecule has 0 aromatic rings. The van der Waals surface area contributed by atoms with Gasteiger partial charge in [-0.2, -0.15) is 0 Å². The molecule has 0 saturated carbocycles. The monoisotopic (exact) mass is 1130 g/mol.